The molecule has 1 unspecified atom stereocenters. The summed E-state index contributed by atoms with van der Waals surface area (Å²) >= 11 is 0. The number of carbonyl (C=O) groups excluding carboxylic acids is 1. The lowest BCUT2D eigenvalue weighted by atomic mass is 10.0. The molecule has 4 heterocycles. The van der Waals surface area contributed by atoms with Crippen LogP contribution in [0.2, 0.25) is 0 Å². The number of hydrogen-bond acceptors (Lipinski definition) is 6. The zero-order chi connectivity index (χ0) is 24.3. The smallest absolute Gasteiger partial charge is 0.421 e. The third-order valence-corrected chi connectivity index (χ3v) is 5.06. The van der Waals surface area contributed by atoms with E-state index in [-0.39, 0.29) is 18.4 Å². The topological polar surface area (TPSA) is 85.2 Å². The minimum Gasteiger partial charge on any atom is -0.481 e. The Hall–Kier alpha value is -3.63. The third kappa shape index (κ3) is 4.48. The molecule has 176 valence electrons. The molecular formula is C22H25F3N6O2. The highest BCUT2D eigenvalue weighted by Crippen LogP contribution is 2.38. The molecule has 0 saturated heterocycles. The Morgan fingerprint density at radius 1 is 1.21 bits per heavy atom. The van der Waals surface area contributed by atoms with Crippen LogP contribution in [-0.2, 0) is 6.18 Å². The van der Waals surface area contributed by atoms with E-state index in [1.807, 2.05) is 20.8 Å². The van der Waals surface area contributed by atoms with Crippen molar-refractivity contribution in [3.63, 3.8) is 0 Å². The number of anilines is 2. The van der Waals surface area contributed by atoms with Gasteiger partial charge in [0.05, 0.1) is 19.3 Å². The first-order valence-electron chi connectivity index (χ1n) is 10.4. The zero-order valence-electron chi connectivity index (χ0n) is 18.9. The van der Waals surface area contributed by atoms with Gasteiger partial charge in [0.1, 0.15) is 22.9 Å². The maximum atomic E-state index is 13.4. The largest absolute Gasteiger partial charge is 0.481 e. The molecule has 0 saturated carbocycles. The first-order valence-corrected chi connectivity index (χ1v) is 10.4. The van der Waals surface area contributed by atoms with Crippen molar-refractivity contribution in [3.05, 3.63) is 47.9 Å². The van der Waals surface area contributed by atoms with E-state index in [2.05, 4.69) is 20.4 Å². The van der Waals surface area contributed by atoms with Crippen LogP contribution in [0.4, 0.5) is 24.8 Å². The average Bonchev–Trinajstić information content (AvgIpc) is 3.28. The molecule has 3 aromatic rings. The van der Waals surface area contributed by atoms with Gasteiger partial charge in [0.25, 0.3) is 5.91 Å². The molecule has 0 aromatic carbocycles. The number of fused-ring (bicyclic) bond motifs is 1. The fraction of sp³-hybridized carbons (Fsp3) is 0.364. The lowest BCUT2D eigenvalue weighted by Gasteiger charge is -2.32. The van der Waals surface area contributed by atoms with Crippen LogP contribution in [0.5, 0.6) is 5.88 Å². The van der Waals surface area contributed by atoms with Gasteiger partial charge < -0.3 is 10.1 Å². The normalized spacial score (nSPS) is 15.5. The highest BCUT2D eigenvalue weighted by atomic mass is 19.4. The molecular weight excluding hydrogens is 437 g/mol. The molecule has 1 N–H and O–H groups in total. The predicted octanol–water partition coefficient (Wildman–Crippen LogP) is 4.66. The third-order valence-electron chi connectivity index (χ3n) is 5.06. The Labute approximate surface area is 189 Å². The van der Waals surface area contributed by atoms with E-state index >= 15 is 0 Å². The number of amides is 1. The Morgan fingerprint density at radius 2 is 1.94 bits per heavy atom. The number of methoxy groups -OCH3 is 1. The number of pyridine rings is 2. The second-order valence-corrected chi connectivity index (χ2v) is 7.02. The van der Waals surface area contributed by atoms with Crippen LogP contribution in [0.25, 0.3) is 11.1 Å². The molecule has 1 atom stereocenters. The van der Waals surface area contributed by atoms with Crippen LogP contribution >= 0.6 is 0 Å². The van der Waals surface area contributed by atoms with Gasteiger partial charge in [0.2, 0.25) is 5.88 Å². The van der Waals surface area contributed by atoms with Crippen molar-refractivity contribution < 1.29 is 22.7 Å². The Balaban J connectivity index is 0.00000149. The summed E-state index contributed by atoms with van der Waals surface area (Å²) in [5.74, 6) is -0.300. The van der Waals surface area contributed by atoms with E-state index in [4.69, 9.17) is 4.74 Å². The fourth-order valence-corrected chi connectivity index (χ4v) is 3.56. The van der Waals surface area contributed by atoms with Crippen molar-refractivity contribution in [2.45, 2.75) is 33.0 Å². The molecule has 33 heavy (non-hydrogen) atoms. The van der Waals surface area contributed by atoms with E-state index in [0.717, 1.165) is 18.7 Å². The van der Waals surface area contributed by atoms with Gasteiger partial charge in [0, 0.05) is 25.4 Å². The van der Waals surface area contributed by atoms with Crippen molar-refractivity contribution in [2.24, 2.45) is 0 Å². The number of alkyl halides is 3. The zero-order valence-corrected chi connectivity index (χ0v) is 18.9. The highest BCUT2D eigenvalue weighted by Gasteiger charge is 2.38. The minimum absolute atomic E-state index is 0.0748. The molecule has 0 aliphatic carbocycles. The summed E-state index contributed by atoms with van der Waals surface area (Å²) in [7, 11) is 2.84. The molecule has 0 spiro atoms. The molecule has 1 aliphatic heterocycles. The monoisotopic (exact) mass is 462 g/mol. The van der Waals surface area contributed by atoms with Gasteiger partial charge in [-0.05, 0) is 36.8 Å². The van der Waals surface area contributed by atoms with Crippen molar-refractivity contribution in [1.82, 2.24) is 19.7 Å². The molecule has 4 rings (SSSR count). The van der Waals surface area contributed by atoms with E-state index in [0.29, 0.717) is 17.1 Å². The number of halogens is 3. The number of nitrogens with one attached hydrogen (secondary N) is 1. The van der Waals surface area contributed by atoms with Gasteiger partial charge >= 0.3 is 6.18 Å². The van der Waals surface area contributed by atoms with Crippen LogP contribution in [0, 0.1) is 0 Å². The molecule has 0 fully saturated rings. The minimum atomic E-state index is -4.62. The molecule has 8 nitrogen and oxygen atoms in total. The van der Waals surface area contributed by atoms with E-state index in [1.165, 1.54) is 11.0 Å². The maximum absolute atomic E-state index is 13.4. The molecule has 3 aromatic heterocycles. The maximum Gasteiger partial charge on any atom is 0.421 e. The van der Waals surface area contributed by atoms with Gasteiger partial charge in [-0.2, -0.15) is 23.3 Å². The van der Waals surface area contributed by atoms with E-state index in [9.17, 15) is 18.0 Å². The number of hydrogen-bond donors (Lipinski definition) is 1. The first kappa shape index (κ1) is 24.0. The quantitative estimate of drug-likeness (QED) is 0.607. The van der Waals surface area contributed by atoms with Gasteiger partial charge in [0.15, 0.2) is 0 Å². The predicted molar refractivity (Wildman–Crippen MR) is 119 cm³/mol. The van der Waals surface area contributed by atoms with Gasteiger partial charge in [-0.1, -0.05) is 13.8 Å². The Morgan fingerprint density at radius 3 is 2.58 bits per heavy atom. The van der Waals surface area contributed by atoms with Crippen molar-refractivity contribution in [1.29, 1.82) is 0 Å². The number of ether oxygens (including phenoxy) is 1. The number of rotatable bonds is 4. The van der Waals surface area contributed by atoms with Crippen molar-refractivity contribution >= 4 is 17.5 Å². The average molecular weight is 462 g/mol. The van der Waals surface area contributed by atoms with Crippen LogP contribution in [0.1, 0.15) is 42.9 Å². The number of aromatic nitrogens is 4. The molecule has 1 amide bonds. The fourth-order valence-electron chi connectivity index (χ4n) is 3.56. The summed E-state index contributed by atoms with van der Waals surface area (Å²) < 4.78 is 46.0. The summed E-state index contributed by atoms with van der Waals surface area (Å²) in [6.07, 6.45) is -1.40. The van der Waals surface area contributed by atoms with E-state index in [1.54, 1.807) is 36.3 Å². The second kappa shape index (κ2) is 9.47. The van der Waals surface area contributed by atoms with Gasteiger partial charge in [-0.25, -0.2) is 4.98 Å². The number of nitrogens with zero attached hydrogens (tertiary/aromatic N) is 5. The summed E-state index contributed by atoms with van der Waals surface area (Å²) in [4.78, 5) is 22.9. The molecule has 0 radical (unpaired) electrons. The van der Waals surface area contributed by atoms with Crippen LogP contribution in [0.15, 0.2) is 36.7 Å². The summed E-state index contributed by atoms with van der Waals surface area (Å²) in [5, 5.41) is 7.31. The summed E-state index contributed by atoms with van der Waals surface area (Å²) in [6, 6.07) is 5.37. The van der Waals surface area contributed by atoms with Crippen LogP contribution in [-0.4, -0.2) is 46.4 Å². The molecule has 0 bridgehead atoms. The molecule has 11 heteroatoms. The summed E-state index contributed by atoms with van der Waals surface area (Å²) in [5.41, 5.74) is 0.659. The van der Waals surface area contributed by atoms with Gasteiger partial charge in [-0.3, -0.25) is 14.4 Å². The standard InChI is InChI=1S/C20H19F3N6O2.C2H6/c1-11-10-28(16-5-4-14(20(21,22)23)18(27-16)31-3)19(30)17-13(9-26-29(11)17)12-6-7-25-15(8-12)24-2;1-2/h4-9,11H,10H2,1-3H3,(H,24,25);1-2H3. The molecule has 1 aliphatic rings. The highest BCUT2D eigenvalue weighted by molar-refractivity contribution is 6.09. The lowest BCUT2D eigenvalue weighted by Crippen LogP contribution is -2.43. The van der Waals surface area contributed by atoms with E-state index < -0.39 is 23.5 Å². The SMILES string of the molecule is CC.CNc1cc(-c2cnn3c2C(=O)N(c2ccc(C(F)(F)F)c(OC)n2)CC3C)ccn1. The van der Waals surface area contributed by atoms with Crippen LogP contribution < -0.4 is 15.0 Å². The van der Waals surface area contributed by atoms with Crippen molar-refractivity contribution in [3.8, 4) is 17.0 Å². The first-order chi connectivity index (χ1) is 15.7. The Bertz CT molecular complexity index is 1150. The lowest BCUT2D eigenvalue weighted by molar-refractivity contribution is -0.139. The van der Waals surface area contributed by atoms with Crippen molar-refractivity contribution in [2.75, 3.05) is 30.9 Å². The summed E-state index contributed by atoms with van der Waals surface area (Å²) in [6.45, 7) is 6.07. The van der Waals surface area contributed by atoms with Crippen LogP contribution in [0.3, 0.4) is 0 Å². The Kier molecular flexibility index (Phi) is 6.89. The van der Waals surface area contributed by atoms with Gasteiger partial charge in [-0.15, -0.1) is 0 Å². The second-order valence-electron chi connectivity index (χ2n) is 7.02. The number of carbonyl (C=O) groups is 1.